The van der Waals surface area contributed by atoms with Gasteiger partial charge in [0.15, 0.2) is 0 Å². The number of aromatic nitrogens is 1. The lowest BCUT2D eigenvalue weighted by Gasteiger charge is -2.09. The molecular formula is C11H14N2O. The van der Waals surface area contributed by atoms with Crippen molar-refractivity contribution in [2.75, 3.05) is 13.7 Å². The molecule has 2 rings (SSSR count). The van der Waals surface area contributed by atoms with Gasteiger partial charge < -0.3 is 15.4 Å². The van der Waals surface area contributed by atoms with Gasteiger partial charge in [-0.05, 0) is 24.6 Å². The van der Waals surface area contributed by atoms with Crippen LogP contribution in [0.4, 0.5) is 0 Å². The van der Waals surface area contributed by atoms with E-state index >= 15 is 0 Å². The Morgan fingerprint density at radius 2 is 2.21 bits per heavy atom. The fraction of sp³-hybridized carbons (Fsp3) is 0.273. The summed E-state index contributed by atoms with van der Waals surface area (Å²) in [5.41, 5.74) is 2.13. The van der Waals surface area contributed by atoms with E-state index in [0.29, 0.717) is 0 Å². The van der Waals surface area contributed by atoms with E-state index in [2.05, 4.69) is 22.4 Å². The zero-order chi connectivity index (χ0) is 9.97. The largest absolute Gasteiger partial charge is 0.394 e. The van der Waals surface area contributed by atoms with E-state index in [1.807, 2.05) is 25.2 Å². The van der Waals surface area contributed by atoms with Crippen molar-refractivity contribution in [3.05, 3.63) is 36.0 Å². The molecule has 1 aromatic heterocycles. The van der Waals surface area contributed by atoms with Crippen molar-refractivity contribution in [1.29, 1.82) is 0 Å². The van der Waals surface area contributed by atoms with Crippen LogP contribution in [-0.2, 0) is 0 Å². The predicted molar refractivity (Wildman–Crippen MR) is 57.2 cm³/mol. The molecule has 0 fully saturated rings. The lowest BCUT2D eigenvalue weighted by molar-refractivity contribution is 0.249. The van der Waals surface area contributed by atoms with Gasteiger partial charge >= 0.3 is 0 Å². The number of hydrogen-bond donors (Lipinski definition) is 3. The number of aromatic amines is 1. The van der Waals surface area contributed by atoms with E-state index in [-0.39, 0.29) is 12.6 Å². The van der Waals surface area contributed by atoms with Gasteiger partial charge in [0.05, 0.1) is 12.6 Å². The zero-order valence-electron chi connectivity index (χ0n) is 8.12. The molecule has 0 amide bonds. The number of aliphatic hydroxyl groups is 1. The number of para-hydroxylation sites is 1. The number of benzene rings is 1. The Bertz CT molecular complexity index is 385. The maximum Gasteiger partial charge on any atom is 0.0705 e. The highest BCUT2D eigenvalue weighted by Gasteiger charge is 2.09. The molecule has 2 aromatic rings. The first-order valence-corrected chi connectivity index (χ1v) is 4.71. The van der Waals surface area contributed by atoms with Gasteiger partial charge in [-0.2, -0.15) is 0 Å². The minimum Gasteiger partial charge on any atom is -0.394 e. The molecule has 1 atom stereocenters. The lowest BCUT2D eigenvalue weighted by Crippen LogP contribution is -2.20. The minimum atomic E-state index is -0.0117. The molecule has 0 unspecified atom stereocenters. The lowest BCUT2D eigenvalue weighted by atomic mass is 10.2. The van der Waals surface area contributed by atoms with Crippen LogP contribution < -0.4 is 5.32 Å². The molecule has 0 aliphatic rings. The summed E-state index contributed by atoms with van der Waals surface area (Å²) in [6.45, 7) is 0.101. The Kier molecular flexibility index (Phi) is 2.52. The van der Waals surface area contributed by atoms with Crippen LogP contribution in [0.1, 0.15) is 11.7 Å². The number of nitrogens with one attached hydrogen (secondary N) is 2. The van der Waals surface area contributed by atoms with Gasteiger partial charge in [0.1, 0.15) is 0 Å². The number of fused-ring (bicyclic) bond motifs is 1. The summed E-state index contributed by atoms with van der Waals surface area (Å²) in [5.74, 6) is 0. The van der Waals surface area contributed by atoms with Gasteiger partial charge in [-0.25, -0.2) is 0 Å². The average Bonchev–Trinajstić information content (AvgIpc) is 2.63. The molecule has 0 saturated carbocycles. The Hall–Kier alpha value is -1.32. The summed E-state index contributed by atoms with van der Waals surface area (Å²) in [6.07, 6.45) is 0. The molecule has 0 aliphatic heterocycles. The SMILES string of the molecule is CN[C@H](CO)c1cc2ccccc2[nH]1. The fourth-order valence-electron chi connectivity index (χ4n) is 1.63. The summed E-state index contributed by atoms with van der Waals surface area (Å²) in [4.78, 5) is 3.28. The van der Waals surface area contributed by atoms with E-state index in [1.165, 1.54) is 5.39 Å². The fourth-order valence-corrected chi connectivity index (χ4v) is 1.63. The monoisotopic (exact) mass is 190 g/mol. The second-order valence-electron chi connectivity index (χ2n) is 3.34. The van der Waals surface area contributed by atoms with Gasteiger partial charge in [0, 0.05) is 11.2 Å². The first-order valence-electron chi connectivity index (χ1n) is 4.71. The standard InChI is InChI=1S/C11H14N2O/c1-12-11(7-14)10-6-8-4-2-3-5-9(8)13-10/h2-6,11-14H,7H2,1H3/t11-/m1/s1. The molecule has 14 heavy (non-hydrogen) atoms. The Labute approximate surface area is 82.8 Å². The zero-order valence-corrected chi connectivity index (χ0v) is 8.12. The quantitative estimate of drug-likeness (QED) is 0.685. The van der Waals surface area contributed by atoms with Gasteiger partial charge in [0.25, 0.3) is 0 Å². The summed E-state index contributed by atoms with van der Waals surface area (Å²) in [5, 5.41) is 13.3. The van der Waals surface area contributed by atoms with Crippen molar-refractivity contribution in [3.8, 4) is 0 Å². The van der Waals surface area contributed by atoms with Crippen molar-refractivity contribution in [1.82, 2.24) is 10.3 Å². The van der Waals surface area contributed by atoms with Crippen LogP contribution in [0.3, 0.4) is 0 Å². The molecule has 0 aliphatic carbocycles. The average molecular weight is 190 g/mol. The normalized spacial score (nSPS) is 13.3. The Morgan fingerprint density at radius 3 is 2.86 bits per heavy atom. The van der Waals surface area contributed by atoms with E-state index in [4.69, 9.17) is 5.11 Å². The number of hydrogen-bond acceptors (Lipinski definition) is 2. The van der Waals surface area contributed by atoms with Crippen LogP contribution >= 0.6 is 0 Å². The summed E-state index contributed by atoms with van der Waals surface area (Å²) in [6, 6.07) is 10.1. The van der Waals surface area contributed by atoms with Crippen LogP contribution in [0, 0.1) is 0 Å². The first kappa shape index (κ1) is 9.24. The highest BCUT2D eigenvalue weighted by Crippen LogP contribution is 2.19. The highest BCUT2D eigenvalue weighted by molar-refractivity contribution is 5.80. The molecule has 0 saturated heterocycles. The van der Waals surface area contributed by atoms with Crippen LogP contribution in [0.25, 0.3) is 10.9 Å². The van der Waals surface area contributed by atoms with E-state index in [9.17, 15) is 0 Å². The number of H-pyrrole nitrogens is 1. The molecule has 0 bridgehead atoms. The molecule has 0 radical (unpaired) electrons. The van der Waals surface area contributed by atoms with Crippen molar-refractivity contribution in [3.63, 3.8) is 0 Å². The van der Waals surface area contributed by atoms with Crippen molar-refractivity contribution in [2.45, 2.75) is 6.04 Å². The highest BCUT2D eigenvalue weighted by atomic mass is 16.3. The molecule has 74 valence electrons. The Balaban J connectivity index is 2.43. The van der Waals surface area contributed by atoms with Gasteiger partial charge in [-0.3, -0.25) is 0 Å². The maximum atomic E-state index is 9.12. The van der Waals surface area contributed by atoms with Crippen LogP contribution in [-0.4, -0.2) is 23.7 Å². The molecule has 1 heterocycles. The maximum absolute atomic E-state index is 9.12. The van der Waals surface area contributed by atoms with Gasteiger partial charge in [-0.1, -0.05) is 18.2 Å². The van der Waals surface area contributed by atoms with Crippen LogP contribution in [0.15, 0.2) is 30.3 Å². The van der Waals surface area contributed by atoms with Crippen LogP contribution in [0.5, 0.6) is 0 Å². The minimum absolute atomic E-state index is 0.0117. The molecule has 0 spiro atoms. The van der Waals surface area contributed by atoms with Crippen molar-refractivity contribution in [2.24, 2.45) is 0 Å². The summed E-state index contributed by atoms with van der Waals surface area (Å²) >= 11 is 0. The third-order valence-corrected chi connectivity index (χ3v) is 2.46. The summed E-state index contributed by atoms with van der Waals surface area (Å²) in [7, 11) is 1.84. The van der Waals surface area contributed by atoms with Gasteiger partial charge in [0.2, 0.25) is 0 Å². The molecule has 3 N–H and O–H groups in total. The number of aliphatic hydroxyl groups excluding tert-OH is 1. The molecule has 3 nitrogen and oxygen atoms in total. The first-order chi connectivity index (χ1) is 6.85. The van der Waals surface area contributed by atoms with Crippen LogP contribution in [0.2, 0.25) is 0 Å². The second-order valence-corrected chi connectivity index (χ2v) is 3.34. The van der Waals surface area contributed by atoms with E-state index in [0.717, 1.165) is 11.2 Å². The third kappa shape index (κ3) is 1.52. The topological polar surface area (TPSA) is 48.0 Å². The van der Waals surface area contributed by atoms with E-state index in [1.54, 1.807) is 0 Å². The summed E-state index contributed by atoms with van der Waals surface area (Å²) < 4.78 is 0. The van der Waals surface area contributed by atoms with Crippen molar-refractivity contribution >= 4 is 10.9 Å². The van der Waals surface area contributed by atoms with Crippen molar-refractivity contribution < 1.29 is 5.11 Å². The van der Waals surface area contributed by atoms with E-state index < -0.39 is 0 Å². The molecule has 3 heteroatoms. The number of likely N-dealkylation sites (N-methyl/N-ethyl adjacent to an activating group) is 1. The molecule has 1 aromatic carbocycles. The Morgan fingerprint density at radius 1 is 1.43 bits per heavy atom. The predicted octanol–water partition coefficient (Wildman–Crippen LogP) is 1.42. The smallest absolute Gasteiger partial charge is 0.0705 e. The second kappa shape index (κ2) is 3.82. The molecular weight excluding hydrogens is 176 g/mol. The third-order valence-electron chi connectivity index (χ3n) is 2.46. The number of rotatable bonds is 3. The van der Waals surface area contributed by atoms with Gasteiger partial charge in [-0.15, -0.1) is 0 Å².